The molecule has 0 heterocycles. The fourth-order valence-corrected chi connectivity index (χ4v) is 2.80. The van der Waals surface area contributed by atoms with Gasteiger partial charge in [0.15, 0.2) is 0 Å². The van der Waals surface area contributed by atoms with Crippen LogP contribution in [-0.2, 0) is 6.42 Å². The smallest absolute Gasteiger partial charge is 0.128 e. The van der Waals surface area contributed by atoms with Gasteiger partial charge in [-0.15, -0.1) is 0 Å². The van der Waals surface area contributed by atoms with Crippen LogP contribution in [0.4, 0.5) is 4.39 Å². The van der Waals surface area contributed by atoms with E-state index in [0.717, 1.165) is 17.4 Å². The quantitative estimate of drug-likeness (QED) is 0.859. The van der Waals surface area contributed by atoms with Crippen LogP contribution in [0.15, 0.2) is 53.0 Å². The maximum absolute atomic E-state index is 14.0. The Balaban J connectivity index is 2.08. The number of hydrogen-bond donors (Lipinski definition) is 1. The minimum atomic E-state index is -0.208. The minimum Gasteiger partial charge on any atom is -0.329 e. The predicted octanol–water partition coefficient (Wildman–Crippen LogP) is 3.76. The summed E-state index contributed by atoms with van der Waals surface area (Å²) in [6.45, 7) is 1.22. The van der Waals surface area contributed by atoms with E-state index in [1.165, 1.54) is 11.6 Å². The van der Waals surface area contributed by atoms with Crippen LogP contribution >= 0.6 is 15.9 Å². The molecule has 2 rings (SSSR count). The van der Waals surface area contributed by atoms with Gasteiger partial charge in [-0.25, -0.2) is 4.39 Å². The molecule has 0 fully saturated rings. The highest BCUT2D eigenvalue weighted by atomic mass is 79.9. The third-order valence-corrected chi connectivity index (χ3v) is 4.16. The van der Waals surface area contributed by atoms with Crippen molar-refractivity contribution in [2.45, 2.75) is 12.5 Å². The second kappa shape index (κ2) is 7.69. The Morgan fingerprint density at radius 1 is 1.19 bits per heavy atom. The Labute approximate surface area is 133 Å². The van der Waals surface area contributed by atoms with E-state index in [9.17, 15) is 4.39 Å². The highest BCUT2D eigenvalue weighted by Crippen LogP contribution is 2.25. The zero-order valence-electron chi connectivity index (χ0n) is 12.1. The van der Waals surface area contributed by atoms with Crippen LogP contribution in [0.3, 0.4) is 0 Å². The monoisotopic (exact) mass is 350 g/mol. The van der Waals surface area contributed by atoms with Gasteiger partial charge in [0.2, 0.25) is 0 Å². The van der Waals surface area contributed by atoms with Gasteiger partial charge in [0, 0.05) is 29.2 Å². The Bertz CT molecular complexity index is 574. The zero-order chi connectivity index (χ0) is 15.2. The Hall–Kier alpha value is -1.23. The normalized spacial score (nSPS) is 12.6. The lowest BCUT2D eigenvalue weighted by atomic mass is 10.0. The zero-order valence-corrected chi connectivity index (χ0v) is 13.7. The van der Waals surface area contributed by atoms with E-state index < -0.39 is 0 Å². The molecule has 2 nitrogen and oxygen atoms in total. The summed E-state index contributed by atoms with van der Waals surface area (Å²) in [5.74, 6) is -0.208. The maximum Gasteiger partial charge on any atom is 0.128 e. The summed E-state index contributed by atoms with van der Waals surface area (Å²) in [4.78, 5) is 2.11. The minimum absolute atomic E-state index is 0.119. The molecule has 0 saturated carbocycles. The number of benzene rings is 2. The lowest BCUT2D eigenvalue weighted by Gasteiger charge is -2.28. The molecule has 0 aliphatic carbocycles. The van der Waals surface area contributed by atoms with E-state index in [1.54, 1.807) is 6.07 Å². The van der Waals surface area contributed by atoms with Crippen molar-refractivity contribution in [3.05, 3.63) is 69.9 Å². The van der Waals surface area contributed by atoms with Crippen LogP contribution < -0.4 is 5.73 Å². The van der Waals surface area contributed by atoms with Gasteiger partial charge in [-0.2, -0.15) is 0 Å². The summed E-state index contributed by atoms with van der Waals surface area (Å²) in [6.07, 6.45) is 0.920. The first kappa shape index (κ1) is 16.1. The number of nitrogens with zero attached hydrogens (tertiary/aromatic N) is 1. The highest BCUT2D eigenvalue weighted by Gasteiger charge is 2.19. The van der Waals surface area contributed by atoms with Gasteiger partial charge >= 0.3 is 0 Å². The van der Waals surface area contributed by atoms with Crippen LogP contribution in [0, 0.1) is 5.82 Å². The largest absolute Gasteiger partial charge is 0.329 e. The molecule has 2 aromatic rings. The van der Waals surface area contributed by atoms with Crippen molar-refractivity contribution in [2.24, 2.45) is 5.73 Å². The Morgan fingerprint density at radius 2 is 1.90 bits per heavy atom. The van der Waals surface area contributed by atoms with Crippen molar-refractivity contribution in [2.75, 3.05) is 20.1 Å². The van der Waals surface area contributed by atoms with E-state index in [4.69, 9.17) is 5.73 Å². The molecular formula is C17H20BrFN2. The molecule has 0 aliphatic rings. The summed E-state index contributed by atoms with van der Waals surface area (Å²) in [6, 6.07) is 15.2. The molecule has 0 spiro atoms. The summed E-state index contributed by atoms with van der Waals surface area (Å²) >= 11 is 3.39. The number of likely N-dealkylation sites (N-methyl/N-ethyl adjacent to an activating group) is 1. The Morgan fingerprint density at radius 3 is 2.57 bits per heavy atom. The molecule has 21 heavy (non-hydrogen) atoms. The van der Waals surface area contributed by atoms with Crippen molar-refractivity contribution in [1.29, 1.82) is 0 Å². The van der Waals surface area contributed by atoms with Gasteiger partial charge in [-0.3, -0.25) is 4.90 Å². The highest BCUT2D eigenvalue weighted by molar-refractivity contribution is 9.10. The summed E-state index contributed by atoms with van der Waals surface area (Å²) in [5.41, 5.74) is 7.78. The number of rotatable bonds is 6. The number of nitrogens with two attached hydrogens (primary N) is 1. The van der Waals surface area contributed by atoms with E-state index in [0.29, 0.717) is 12.1 Å². The van der Waals surface area contributed by atoms with E-state index >= 15 is 0 Å². The lowest BCUT2D eigenvalue weighted by molar-refractivity contribution is 0.248. The molecule has 112 valence electrons. The van der Waals surface area contributed by atoms with Gasteiger partial charge in [-0.1, -0.05) is 46.3 Å². The van der Waals surface area contributed by atoms with Crippen molar-refractivity contribution in [3.63, 3.8) is 0 Å². The molecule has 0 aromatic heterocycles. The third-order valence-electron chi connectivity index (χ3n) is 3.67. The average Bonchev–Trinajstić information content (AvgIpc) is 2.50. The molecule has 0 bridgehead atoms. The van der Waals surface area contributed by atoms with Crippen molar-refractivity contribution in [3.8, 4) is 0 Å². The van der Waals surface area contributed by atoms with E-state index in [1.807, 2.05) is 31.3 Å². The van der Waals surface area contributed by atoms with Gasteiger partial charge in [-0.05, 0) is 37.2 Å². The standard InChI is InChI=1S/C17H20BrFN2/c1-21(10-9-13-5-3-2-4-6-13)17(12-20)15-11-14(18)7-8-16(15)19/h2-8,11,17H,9-10,12,20H2,1H3. The first-order valence-electron chi connectivity index (χ1n) is 7.01. The van der Waals surface area contributed by atoms with Crippen LogP contribution in [0.5, 0.6) is 0 Å². The second-order valence-corrected chi connectivity index (χ2v) is 6.05. The van der Waals surface area contributed by atoms with Gasteiger partial charge in [0.1, 0.15) is 5.82 Å². The van der Waals surface area contributed by atoms with Crippen molar-refractivity contribution in [1.82, 2.24) is 4.90 Å². The lowest BCUT2D eigenvalue weighted by Crippen LogP contribution is -2.32. The number of hydrogen-bond acceptors (Lipinski definition) is 2. The SMILES string of the molecule is CN(CCc1ccccc1)C(CN)c1cc(Br)ccc1F. The Kier molecular flexibility index (Phi) is 5.91. The molecule has 1 atom stereocenters. The molecule has 1 unspecified atom stereocenters. The fraction of sp³-hybridized carbons (Fsp3) is 0.294. The molecule has 0 aliphatic heterocycles. The van der Waals surface area contributed by atoms with E-state index in [-0.39, 0.29) is 11.9 Å². The first-order valence-corrected chi connectivity index (χ1v) is 7.80. The third kappa shape index (κ3) is 4.37. The van der Waals surface area contributed by atoms with Crippen LogP contribution in [0.1, 0.15) is 17.2 Å². The molecule has 4 heteroatoms. The van der Waals surface area contributed by atoms with Crippen LogP contribution in [0.25, 0.3) is 0 Å². The van der Waals surface area contributed by atoms with Gasteiger partial charge in [0.25, 0.3) is 0 Å². The average molecular weight is 351 g/mol. The summed E-state index contributed by atoms with van der Waals surface area (Å²) < 4.78 is 14.9. The topological polar surface area (TPSA) is 29.3 Å². The number of halogens is 2. The molecule has 0 saturated heterocycles. The predicted molar refractivity (Wildman–Crippen MR) is 88.7 cm³/mol. The van der Waals surface area contributed by atoms with Crippen molar-refractivity contribution >= 4 is 15.9 Å². The second-order valence-electron chi connectivity index (χ2n) is 5.13. The first-order chi connectivity index (χ1) is 10.1. The molecule has 0 radical (unpaired) electrons. The van der Waals surface area contributed by atoms with E-state index in [2.05, 4.69) is 33.0 Å². The molecule has 2 aromatic carbocycles. The fourth-order valence-electron chi connectivity index (χ4n) is 2.42. The maximum atomic E-state index is 14.0. The molecular weight excluding hydrogens is 331 g/mol. The molecule has 2 N–H and O–H groups in total. The summed E-state index contributed by atoms with van der Waals surface area (Å²) in [7, 11) is 1.99. The van der Waals surface area contributed by atoms with Gasteiger partial charge < -0.3 is 5.73 Å². The van der Waals surface area contributed by atoms with Crippen LogP contribution in [-0.4, -0.2) is 25.0 Å². The van der Waals surface area contributed by atoms with Crippen molar-refractivity contribution < 1.29 is 4.39 Å². The molecule has 0 amide bonds. The summed E-state index contributed by atoms with van der Waals surface area (Å²) in [5, 5.41) is 0. The van der Waals surface area contributed by atoms with Gasteiger partial charge in [0.05, 0.1) is 0 Å². The van der Waals surface area contributed by atoms with Crippen LogP contribution in [0.2, 0.25) is 0 Å².